The van der Waals surface area contributed by atoms with Crippen LogP contribution in [0.4, 0.5) is 0 Å². The molecule has 3 unspecified atom stereocenters. The SMILES string of the molecule is CCNC(CC)(CO)CCCN1CCC(C)CC1C. The van der Waals surface area contributed by atoms with Gasteiger partial charge in [-0.2, -0.15) is 0 Å². The molecular weight excluding hydrogens is 236 g/mol. The lowest BCUT2D eigenvalue weighted by atomic mass is 9.89. The van der Waals surface area contributed by atoms with Crippen LogP contribution in [0.25, 0.3) is 0 Å². The zero-order valence-electron chi connectivity index (χ0n) is 13.4. The molecule has 0 aliphatic carbocycles. The molecule has 1 aliphatic rings. The van der Waals surface area contributed by atoms with Gasteiger partial charge in [-0.3, -0.25) is 0 Å². The van der Waals surface area contributed by atoms with Crippen molar-refractivity contribution in [3.63, 3.8) is 0 Å². The van der Waals surface area contributed by atoms with Crippen molar-refractivity contribution in [1.82, 2.24) is 10.2 Å². The summed E-state index contributed by atoms with van der Waals surface area (Å²) in [7, 11) is 0. The van der Waals surface area contributed by atoms with E-state index in [4.69, 9.17) is 0 Å². The number of piperidine rings is 1. The lowest BCUT2D eigenvalue weighted by Gasteiger charge is -2.38. The molecule has 0 aromatic rings. The van der Waals surface area contributed by atoms with Crippen LogP contribution in [0.1, 0.15) is 59.8 Å². The molecule has 3 nitrogen and oxygen atoms in total. The number of hydrogen-bond acceptors (Lipinski definition) is 3. The summed E-state index contributed by atoms with van der Waals surface area (Å²) in [6.45, 7) is 12.6. The van der Waals surface area contributed by atoms with Crippen molar-refractivity contribution in [2.75, 3.05) is 26.2 Å². The lowest BCUT2D eigenvalue weighted by Crippen LogP contribution is -2.49. The molecule has 1 aliphatic heterocycles. The van der Waals surface area contributed by atoms with Gasteiger partial charge in [0.15, 0.2) is 0 Å². The summed E-state index contributed by atoms with van der Waals surface area (Å²) in [4.78, 5) is 2.63. The van der Waals surface area contributed by atoms with Crippen LogP contribution < -0.4 is 5.32 Å². The van der Waals surface area contributed by atoms with E-state index in [0.717, 1.165) is 31.3 Å². The summed E-state index contributed by atoms with van der Waals surface area (Å²) in [5.41, 5.74) is -0.0545. The molecule has 114 valence electrons. The van der Waals surface area contributed by atoms with Gasteiger partial charge in [-0.15, -0.1) is 0 Å². The fourth-order valence-corrected chi connectivity index (χ4v) is 3.42. The summed E-state index contributed by atoms with van der Waals surface area (Å²) in [6, 6.07) is 0.730. The number of hydrogen-bond donors (Lipinski definition) is 2. The molecule has 19 heavy (non-hydrogen) atoms. The maximum absolute atomic E-state index is 9.66. The van der Waals surface area contributed by atoms with Crippen molar-refractivity contribution in [1.29, 1.82) is 0 Å². The van der Waals surface area contributed by atoms with Crippen LogP contribution in [0.5, 0.6) is 0 Å². The second-order valence-electron chi connectivity index (χ2n) is 6.44. The van der Waals surface area contributed by atoms with E-state index in [9.17, 15) is 5.11 Å². The van der Waals surface area contributed by atoms with Crippen LogP contribution in [0.2, 0.25) is 0 Å². The molecule has 1 fully saturated rings. The molecule has 0 bridgehead atoms. The number of likely N-dealkylation sites (N-methyl/N-ethyl adjacent to an activating group) is 1. The predicted octanol–water partition coefficient (Wildman–Crippen LogP) is 2.64. The second-order valence-corrected chi connectivity index (χ2v) is 6.44. The molecule has 3 heteroatoms. The number of nitrogens with one attached hydrogen (secondary N) is 1. The first-order valence-corrected chi connectivity index (χ1v) is 8.16. The fourth-order valence-electron chi connectivity index (χ4n) is 3.42. The zero-order valence-corrected chi connectivity index (χ0v) is 13.4. The van der Waals surface area contributed by atoms with Crippen LogP contribution in [0.15, 0.2) is 0 Å². The Balaban J connectivity index is 2.35. The summed E-state index contributed by atoms with van der Waals surface area (Å²) in [5, 5.41) is 13.1. The lowest BCUT2D eigenvalue weighted by molar-refractivity contribution is 0.109. The molecule has 2 N–H and O–H groups in total. The van der Waals surface area contributed by atoms with E-state index in [2.05, 4.69) is 37.9 Å². The highest BCUT2D eigenvalue weighted by Gasteiger charge is 2.27. The number of likely N-dealkylation sites (tertiary alicyclic amines) is 1. The summed E-state index contributed by atoms with van der Waals surface area (Å²) in [6.07, 6.45) is 5.94. The second kappa shape index (κ2) is 8.23. The van der Waals surface area contributed by atoms with E-state index < -0.39 is 0 Å². The molecular formula is C16H34N2O. The van der Waals surface area contributed by atoms with E-state index in [1.807, 2.05) is 0 Å². The van der Waals surface area contributed by atoms with Crippen LogP contribution >= 0.6 is 0 Å². The Morgan fingerprint density at radius 3 is 2.58 bits per heavy atom. The van der Waals surface area contributed by atoms with Gasteiger partial charge in [0.05, 0.1) is 6.61 Å². The largest absolute Gasteiger partial charge is 0.394 e. The highest BCUT2D eigenvalue weighted by molar-refractivity contribution is 4.86. The van der Waals surface area contributed by atoms with Crippen LogP contribution in [-0.2, 0) is 0 Å². The molecule has 0 radical (unpaired) electrons. The Morgan fingerprint density at radius 2 is 2.05 bits per heavy atom. The molecule has 0 saturated carbocycles. The first-order chi connectivity index (χ1) is 9.06. The van der Waals surface area contributed by atoms with Gasteiger partial charge in [-0.25, -0.2) is 0 Å². The third-order valence-electron chi connectivity index (χ3n) is 4.91. The van der Waals surface area contributed by atoms with Gasteiger partial charge < -0.3 is 15.3 Å². The molecule has 0 spiro atoms. The van der Waals surface area contributed by atoms with E-state index in [0.29, 0.717) is 0 Å². The smallest absolute Gasteiger partial charge is 0.0613 e. The Kier molecular flexibility index (Phi) is 7.33. The molecule has 1 rings (SSSR count). The van der Waals surface area contributed by atoms with Crippen LogP contribution in [0.3, 0.4) is 0 Å². The van der Waals surface area contributed by atoms with Crippen molar-refractivity contribution < 1.29 is 5.11 Å². The normalized spacial score (nSPS) is 28.3. The standard InChI is InChI=1S/C16H34N2O/c1-5-16(13-19,17-6-2)9-7-10-18-11-8-14(3)12-15(18)4/h14-15,17,19H,5-13H2,1-4H3. The van der Waals surface area contributed by atoms with Gasteiger partial charge in [0.2, 0.25) is 0 Å². The minimum Gasteiger partial charge on any atom is -0.394 e. The van der Waals surface area contributed by atoms with Gasteiger partial charge in [-0.05, 0) is 64.6 Å². The molecule has 3 atom stereocenters. The monoisotopic (exact) mass is 270 g/mol. The van der Waals surface area contributed by atoms with E-state index >= 15 is 0 Å². The van der Waals surface area contributed by atoms with Gasteiger partial charge in [-0.1, -0.05) is 20.8 Å². The Morgan fingerprint density at radius 1 is 1.32 bits per heavy atom. The summed E-state index contributed by atoms with van der Waals surface area (Å²) >= 11 is 0. The number of rotatable bonds is 8. The van der Waals surface area contributed by atoms with Gasteiger partial charge >= 0.3 is 0 Å². The van der Waals surface area contributed by atoms with E-state index in [-0.39, 0.29) is 12.1 Å². The predicted molar refractivity (Wildman–Crippen MR) is 82.5 cm³/mol. The maximum atomic E-state index is 9.66. The van der Waals surface area contributed by atoms with Crippen molar-refractivity contribution >= 4 is 0 Å². The van der Waals surface area contributed by atoms with Gasteiger partial charge in [0.1, 0.15) is 0 Å². The van der Waals surface area contributed by atoms with Crippen LogP contribution in [0, 0.1) is 5.92 Å². The van der Waals surface area contributed by atoms with E-state index in [1.165, 1.54) is 32.4 Å². The number of aliphatic hydroxyl groups excluding tert-OH is 1. The minimum absolute atomic E-state index is 0.0545. The molecule has 0 aromatic carbocycles. The molecule has 0 aromatic heterocycles. The third-order valence-corrected chi connectivity index (χ3v) is 4.91. The summed E-state index contributed by atoms with van der Waals surface area (Å²) < 4.78 is 0. The van der Waals surface area contributed by atoms with Crippen molar-refractivity contribution in [2.45, 2.75) is 71.4 Å². The third kappa shape index (κ3) is 5.05. The molecule has 1 saturated heterocycles. The average molecular weight is 270 g/mol. The zero-order chi connectivity index (χ0) is 14.3. The average Bonchev–Trinajstić information content (AvgIpc) is 2.40. The first-order valence-electron chi connectivity index (χ1n) is 8.16. The number of aliphatic hydroxyl groups is 1. The summed E-state index contributed by atoms with van der Waals surface area (Å²) in [5.74, 6) is 0.889. The fraction of sp³-hybridized carbons (Fsp3) is 1.00. The molecule has 0 amide bonds. The Hall–Kier alpha value is -0.120. The topological polar surface area (TPSA) is 35.5 Å². The van der Waals surface area contributed by atoms with Crippen molar-refractivity contribution in [2.24, 2.45) is 5.92 Å². The minimum atomic E-state index is -0.0545. The van der Waals surface area contributed by atoms with Gasteiger partial charge in [0, 0.05) is 11.6 Å². The van der Waals surface area contributed by atoms with Crippen molar-refractivity contribution in [3.05, 3.63) is 0 Å². The van der Waals surface area contributed by atoms with Crippen LogP contribution in [-0.4, -0.2) is 47.8 Å². The Labute approximate surface area is 119 Å². The quantitative estimate of drug-likeness (QED) is 0.712. The van der Waals surface area contributed by atoms with Crippen molar-refractivity contribution in [3.8, 4) is 0 Å². The maximum Gasteiger partial charge on any atom is 0.0613 e. The highest BCUT2D eigenvalue weighted by Crippen LogP contribution is 2.23. The highest BCUT2D eigenvalue weighted by atomic mass is 16.3. The van der Waals surface area contributed by atoms with Gasteiger partial charge in [0.25, 0.3) is 0 Å². The number of nitrogens with zero attached hydrogens (tertiary/aromatic N) is 1. The Bertz CT molecular complexity index is 241. The first kappa shape index (κ1) is 16.9. The van der Waals surface area contributed by atoms with E-state index in [1.54, 1.807) is 0 Å². The molecule has 1 heterocycles.